The van der Waals surface area contributed by atoms with E-state index in [-0.39, 0.29) is 0 Å². The van der Waals surface area contributed by atoms with E-state index in [0.29, 0.717) is 5.88 Å². The highest BCUT2D eigenvalue weighted by molar-refractivity contribution is 5.63. The van der Waals surface area contributed by atoms with Crippen LogP contribution >= 0.6 is 0 Å². The topological polar surface area (TPSA) is 35.0 Å². The second-order valence-corrected chi connectivity index (χ2v) is 3.26. The highest BCUT2D eigenvalue weighted by Crippen LogP contribution is 2.22. The lowest BCUT2D eigenvalue weighted by molar-refractivity contribution is 0.398. The van der Waals surface area contributed by atoms with E-state index in [2.05, 4.69) is 9.97 Å². The van der Waals surface area contributed by atoms with Crippen LogP contribution in [-0.4, -0.2) is 17.1 Å². The summed E-state index contributed by atoms with van der Waals surface area (Å²) in [4.78, 5) is 8.40. The standard InChI is InChI=1S/C12H12N2O/c1-9-4-3-6-14-12(9)10-5-7-13-11(8-10)15-2/h3-8H,1-2H3. The highest BCUT2D eigenvalue weighted by atomic mass is 16.5. The zero-order valence-electron chi connectivity index (χ0n) is 8.77. The first-order valence-electron chi connectivity index (χ1n) is 4.73. The molecule has 0 N–H and O–H groups in total. The number of rotatable bonds is 2. The van der Waals surface area contributed by atoms with Crippen molar-refractivity contribution in [3.05, 3.63) is 42.2 Å². The fourth-order valence-corrected chi connectivity index (χ4v) is 1.46. The molecule has 0 fully saturated rings. The first-order valence-corrected chi connectivity index (χ1v) is 4.73. The average Bonchev–Trinajstić information content (AvgIpc) is 2.30. The summed E-state index contributed by atoms with van der Waals surface area (Å²) in [5.74, 6) is 0.609. The van der Waals surface area contributed by atoms with Crippen LogP contribution in [0.2, 0.25) is 0 Å². The summed E-state index contributed by atoms with van der Waals surface area (Å²) >= 11 is 0. The molecule has 0 saturated heterocycles. The maximum Gasteiger partial charge on any atom is 0.213 e. The van der Waals surface area contributed by atoms with Crippen molar-refractivity contribution in [2.75, 3.05) is 7.11 Å². The molecule has 3 heteroatoms. The van der Waals surface area contributed by atoms with E-state index in [9.17, 15) is 0 Å². The van der Waals surface area contributed by atoms with Crippen molar-refractivity contribution < 1.29 is 4.74 Å². The second-order valence-electron chi connectivity index (χ2n) is 3.26. The largest absolute Gasteiger partial charge is 0.481 e. The van der Waals surface area contributed by atoms with Crippen molar-refractivity contribution in [2.45, 2.75) is 6.92 Å². The van der Waals surface area contributed by atoms with Crippen molar-refractivity contribution in [1.82, 2.24) is 9.97 Å². The quantitative estimate of drug-likeness (QED) is 0.747. The van der Waals surface area contributed by atoms with Crippen LogP contribution in [0, 0.1) is 6.92 Å². The van der Waals surface area contributed by atoms with Crippen molar-refractivity contribution >= 4 is 0 Å². The number of nitrogens with zero attached hydrogens (tertiary/aromatic N) is 2. The summed E-state index contributed by atoms with van der Waals surface area (Å²) in [5.41, 5.74) is 3.14. The lowest BCUT2D eigenvalue weighted by Crippen LogP contribution is -1.90. The van der Waals surface area contributed by atoms with Crippen LogP contribution in [0.1, 0.15) is 5.56 Å². The van der Waals surface area contributed by atoms with E-state index in [1.807, 2.05) is 31.2 Å². The van der Waals surface area contributed by atoms with Gasteiger partial charge in [0.05, 0.1) is 12.8 Å². The maximum absolute atomic E-state index is 5.08. The molecule has 0 aliphatic carbocycles. The molecule has 0 saturated carbocycles. The third-order valence-electron chi connectivity index (χ3n) is 2.23. The molecular formula is C12H12N2O. The summed E-state index contributed by atoms with van der Waals surface area (Å²) in [6, 6.07) is 7.78. The monoisotopic (exact) mass is 200 g/mol. The molecule has 0 spiro atoms. The Kier molecular flexibility index (Phi) is 2.63. The van der Waals surface area contributed by atoms with Gasteiger partial charge in [-0.15, -0.1) is 0 Å². The first-order chi connectivity index (χ1) is 7.31. The molecule has 0 radical (unpaired) electrons. The van der Waals surface area contributed by atoms with Gasteiger partial charge in [0.25, 0.3) is 0 Å². The molecule has 0 unspecified atom stereocenters. The van der Waals surface area contributed by atoms with Crippen LogP contribution < -0.4 is 4.74 Å². The Labute approximate surface area is 88.8 Å². The number of pyridine rings is 2. The van der Waals surface area contributed by atoms with Gasteiger partial charge < -0.3 is 4.74 Å². The van der Waals surface area contributed by atoms with E-state index in [1.54, 1.807) is 19.5 Å². The van der Waals surface area contributed by atoms with Gasteiger partial charge in [0, 0.05) is 24.0 Å². The van der Waals surface area contributed by atoms with Gasteiger partial charge in [-0.05, 0) is 24.6 Å². The van der Waals surface area contributed by atoms with Crippen molar-refractivity contribution in [2.24, 2.45) is 0 Å². The molecule has 0 amide bonds. The Morgan fingerprint density at radius 3 is 2.73 bits per heavy atom. The molecule has 2 aromatic rings. The maximum atomic E-state index is 5.08. The lowest BCUT2D eigenvalue weighted by atomic mass is 10.1. The van der Waals surface area contributed by atoms with Gasteiger partial charge in [-0.2, -0.15) is 0 Å². The summed E-state index contributed by atoms with van der Waals surface area (Å²) in [6.45, 7) is 2.04. The van der Waals surface area contributed by atoms with Gasteiger partial charge in [-0.1, -0.05) is 6.07 Å². The lowest BCUT2D eigenvalue weighted by Gasteiger charge is -2.05. The predicted octanol–water partition coefficient (Wildman–Crippen LogP) is 2.46. The molecule has 2 heterocycles. The van der Waals surface area contributed by atoms with Crippen LogP contribution in [0.5, 0.6) is 5.88 Å². The van der Waals surface area contributed by atoms with E-state index in [0.717, 1.165) is 16.8 Å². The predicted molar refractivity (Wildman–Crippen MR) is 58.8 cm³/mol. The molecule has 0 bridgehead atoms. The van der Waals surface area contributed by atoms with Gasteiger partial charge in [0.1, 0.15) is 0 Å². The molecule has 0 aliphatic heterocycles. The Bertz CT molecular complexity index is 469. The molecule has 0 aliphatic rings. The first kappa shape index (κ1) is 9.65. The van der Waals surface area contributed by atoms with Crippen molar-refractivity contribution in [1.29, 1.82) is 0 Å². The van der Waals surface area contributed by atoms with Gasteiger partial charge in [0.2, 0.25) is 5.88 Å². The number of hydrogen-bond acceptors (Lipinski definition) is 3. The Morgan fingerprint density at radius 1 is 1.13 bits per heavy atom. The summed E-state index contributed by atoms with van der Waals surface area (Å²) in [6.07, 6.45) is 3.51. The van der Waals surface area contributed by atoms with Crippen molar-refractivity contribution in [3.63, 3.8) is 0 Å². The van der Waals surface area contributed by atoms with E-state index >= 15 is 0 Å². The molecule has 3 nitrogen and oxygen atoms in total. The fourth-order valence-electron chi connectivity index (χ4n) is 1.46. The number of hydrogen-bond donors (Lipinski definition) is 0. The zero-order chi connectivity index (χ0) is 10.7. The van der Waals surface area contributed by atoms with Crippen LogP contribution in [0.15, 0.2) is 36.7 Å². The molecule has 0 aromatic carbocycles. The third kappa shape index (κ3) is 1.96. The van der Waals surface area contributed by atoms with Gasteiger partial charge in [-0.25, -0.2) is 4.98 Å². The van der Waals surface area contributed by atoms with Gasteiger partial charge in [-0.3, -0.25) is 4.98 Å². The number of ether oxygens (including phenoxy) is 1. The van der Waals surface area contributed by atoms with Gasteiger partial charge >= 0.3 is 0 Å². The molecule has 2 aromatic heterocycles. The summed E-state index contributed by atoms with van der Waals surface area (Å²) in [5, 5.41) is 0. The normalized spacial score (nSPS) is 10.0. The summed E-state index contributed by atoms with van der Waals surface area (Å²) in [7, 11) is 1.61. The van der Waals surface area contributed by atoms with Crippen LogP contribution in [0.4, 0.5) is 0 Å². The fraction of sp³-hybridized carbons (Fsp3) is 0.167. The SMILES string of the molecule is COc1cc(-c2ncccc2C)ccn1. The smallest absolute Gasteiger partial charge is 0.213 e. The minimum Gasteiger partial charge on any atom is -0.481 e. The molecule has 2 rings (SSSR count). The number of methoxy groups -OCH3 is 1. The van der Waals surface area contributed by atoms with E-state index < -0.39 is 0 Å². The van der Waals surface area contributed by atoms with E-state index in [4.69, 9.17) is 4.74 Å². The van der Waals surface area contributed by atoms with E-state index in [1.165, 1.54) is 0 Å². The zero-order valence-corrected chi connectivity index (χ0v) is 8.77. The van der Waals surface area contributed by atoms with Crippen LogP contribution in [0.3, 0.4) is 0 Å². The molecule has 0 atom stereocenters. The number of aryl methyl sites for hydroxylation is 1. The van der Waals surface area contributed by atoms with Crippen molar-refractivity contribution in [3.8, 4) is 17.1 Å². The molecule has 15 heavy (non-hydrogen) atoms. The van der Waals surface area contributed by atoms with Crippen LogP contribution in [0.25, 0.3) is 11.3 Å². The summed E-state index contributed by atoms with van der Waals surface area (Å²) < 4.78 is 5.08. The minimum atomic E-state index is 0.609. The third-order valence-corrected chi connectivity index (χ3v) is 2.23. The molecular weight excluding hydrogens is 188 g/mol. The Morgan fingerprint density at radius 2 is 2.00 bits per heavy atom. The Hall–Kier alpha value is -1.90. The van der Waals surface area contributed by atoms with Gasteiger partial charge in [0.15, 0.2) is 0 Å². The highest BCUT2D eigenvalue weighted by Gasteiger charge is 2.03. The van der Waals surface area contributed by atoms with Crippen LogP contribution in [-0.2, 0) is 0 Å². The minimum absolute atomic E-state index is 0.609. The molecule has 76 valence electrons. The second kappa shape index (κ2) is 4.09. The Balaban J connectivity index is 2.49. The average molecular weight is 200 g/mol. The number of aromatic nitrogens is 2.